The first kappa shape index (κ1) is 15.5. The van der Waals surface area contributed by atoms with Gasteiger partial charge in [0.25, 0.3) is 5.92 Å². The largest absolute Gasteiger partial charge is 0.469 e. The molecule has 0 radical (unpaired) electrons. The van der Waals surface area contributed by atoms with Crippen LogP contribution in [-0.4, -0.2) is 25.0 Å². The van der Waals surface area contributed by atoms with E-state index in [1.807, 2.05) is 0 Å². The molecular formula is C20H20F3NO2. The number of halogens is 3. The number of nitrogens with one attached hydrogen (secondary N) is 1. The molecule has 138 valence electrons. The van der Waals surface area contributed by atoms with Crippen molar-refractivity contribution in [3.05, 3.63) is 35.6 Å². The Kier molecular flexibility index (Phi) is 2.76. The van der Waals surface area contributed by atoms with Crippen molar-refractivity contribution in [3.8, 4) is 0 Å². The molecule has 0 spiro atoms. The van der Waals surface area contributed by atoms with Crippen molar-refractivity contribution in [3.63, 3.8) is 0 Å². The highest BCUT2D eigenvalue weighted by Gasteiger charge is 2.93. The summed E-state index contributed by atoms with van der Waals surface area (Å²) >= 11 is 0. The Hall–Kier alpha value is -1.56. The van der Waals surface area contributed by atoms with Gasteiger partial charge in [-0.3, -0.25) is 4.79 Å². The average Bonchev–Trinajstić information content (AvgIpc) is 3.51. The van der Waals surface area contributed by atoms with Gasteiger partial charge in [0.2, 0.25) is 0 Å². The Morgan fingerprint density at radius 2 is 1.62 bits per heavy atom. The summed E-state index contributed by atoms with van der Waals surface area (Å²) < 4.78 is 47.3. The minimum Gasteiger partial charge on any atom is -0.469 e. The van der Waals surface area contributed by atoms with E-state index in [1.54, 1.807) is 12.1 Å². The highest BCUT2D eigenvalue weighted by atomic mass is 19.3. The SMILES string of the molecule is COC(=O)C1C2C3C4C(C5C2C5C(F)(F)C34)[C@@H]1NCc1ccc(F)cc1. The third-order valence-corrected chi connectivity index (χ3v) is 8.08. The number of alkyl halides is 2. The standard InChI is InChI=1S/C20H20F3NO2/c1-26-19(25)15-9-10-12-14(13-11(9)17(13)20(22,23)16(10)12)18(15)24-6-7-2-4-8(21)5-3-7/h2-5,9-18,24H,6H2,1H3/t9?,10?,11?,12?,13?,14?,15?,16?,17?,18-/m0/s1. The van der Waals surface area contributed by atoms with Crippen LogP contribution in [0.1, 0.15) is 5.56 Å². The Morgan fingerprint density at radius 1 is 1.04 bits per heavy atom. The van der Waals surface area contributed by atoms with Crippen LogP contribution >= 0.6 is 0 Å². The number of carbonyl (C=O) groups is 1. The quantitative estimate of drug-likeness (QED) is 0.836. The fourth-order valence-corrected chi connectivity index (χ4v) is 7.44. The maximum absolute atomic E-state index is 14.6. The lowest BCUT2D eigenvalue weighted by Crippen LogP contribution is -2.57. The fraction of sp³-hybridized carbons (Fsp3) is 0.650. The summed E-state index contributed by atoms with van der Waals surface area (Å²) in [5, 5.41) is 3.47. The fourth-order valence-electron chi connectivity index (χ4n) is 7.44. The van der Waals surface area contributed by atoms with Gasteiger partial charge in [0, 0.05) is 24.4 Å². The van der Waals surface area contributed by atoms with Crippen molar-refractivity contribution in [1.29, 1.82) is 0 Å². The monoisotopic (exact) mass is 363 g/mol. The van der Waals surface area contributed by atoms with Gasteiger partial charge in [0.15, 0.2) is 0 Å². The molecule has 7 unspecified atom stereocenters. The predicted molar refractivity (Wildman–Crippen MR) is 85.4 cm³/mol. The van der Waals surface area contributed by atoms with E-state index >= 15 is 0 Å². The summed E-state index contributed by atoms with van der Waals surface area (Å²) in [5.41, 5.74) is 0.923. The van der Waals surface area contributed by atoms with E-state index in [2.05, 4.69) is 5.32 Å². The Balaban J connectivity index is 1.31. The van der Waals surface area contributed by atoms with Crippen LogP contribution in [0.5, 0.6) is 0 Å². The van der Waals surface area contributed by atoms with E-state index in [-0.39, 0.29) is 59.3 Å². The smallest absolute Gasteiger partial charge is 0.310 e. The Bertz CT molecular complexity index is 771. The normalized spacial score (nSPS) is 50.3. The molecule has 0 heterocycles. The van der Waals surface area contributed by atoms with Gasteiger partial charge >= 0.3 is 5.97 Å². The highest BCUT2D eigenvalue weighted by Crippen LogP contribution is 2.89. The highest BCUT2D eigenvalue weighted by molar-refractivity contribution is 5.75. The second-order valence-electron chi connectivity index (χ2n) is 8.77. The second kappa shape index (κ2) is 4.64. The lowest BCUT2D eigenvalue weighted by molar-refractivity contribution is -0.155. The van der Waals surface area contributed by atoms with Crippen LogP contribution in [0, 0.1) is 59.1 Å². The summed E-state index contributed by atoms with van der Waals surface area (Å²) in [6.45, 7) is 0.502. The first-order valence-electron chi connectivity index (χ1n) is 9.40. The number of rotatable bonds is 4. The van der Waals surface area contributed by atoms with E-state index < -0.39 is 17.8 Å². The Labute approximate surface area is 149 Å². The molecule has 7 saturated carbocycles. The molecule has 8 bridgehead atoms. The van der Waals surface area contributed by atoms with Crippen LogP contribution in [-0.2, 0) is 16.1 Å². The van der Waals surface area contributed by atoms with E-state index in [9.17, 15) is 18.0 Å². The molecule has 8 atom stereocenters. The molecule has 7 fully saturated rings. The van der Waals surface area contributed by atoms with E-state index in [0.29, 0.717) is 6.54 Å². The molecule has 0 saturated heterocycles. The minimum absolute atomic E-state index is 0.00275. The van der Waals surface area contributed by atoms with Gasteiger partial charge in [-0.1, -0.05) is 12.1 Å². The molecule has 1 aromatic carbocycles. The van der Waals surface area contributed by atoms with Crippen LogP contribution in [0.4, 0.5) is 13.2 Å². The molecule has 0 aliphatic heterocycles. The number of esters is 1. The van der Waals surface area contributed by atoms with E-state index in [0.717, 1.165) is 5.56 Å². The summed E-state index contributed by atoms with van der Waals surface area (Å²) in [7, 11) is 1.38. The molecule has 1 aromatic rings. The molecule has 3 nitrogen and oxygen atoms in total. The number of hydrogen-bond acceptors (Lipinski definition) is 3. The van der Waals surface area contributed by atoms with Gasteiger partial charge in [-0.25, -0.2) is 13.2 Å². The number of benzene rings is 1. The number of ether oxygens (including phenoxy) is 1. The van der Waals surface area contributed by atoms with E-state index in [4.69, 9.17) is 4.74 Å². The van der Waals surface area contributed by atoms with Crippen molar-refractivity contribution in [2.45, 2.75) is 18.5 Å². The third-order valence-electron chi connectivity index (χ3n) is 8.08. The van der Waals surface area contributed by atoms with Gasteiger partial charge in [0.05, 0.1) is 13.0 Å². The van der Waals surface area contributed by atoms with Gasteiger partial charge < -0.3 is 10.1 Å². The molecule has 1 N–H and O–H groups in total. The summed E-state index contributed by atoms with van der Waals surface area (Å²) in [4.78, 5) is 12.5. The second-order valence-corrected chi connectivity index (χ2v) is 8.77. The first-order chi connectivity index (χ1) is 12.5. The topological polar surface area (TPSA) is 38.3 Å². The van der Waals surface area contributed by atoms with Crippen LogP contribution < -0.4 is 5.32 Å². The molecule has 6 heteroatoms. The molecule has 7 aliphatic rings. The molecule has 26 heavy (non-hydrogen) atoms. The third kappa shape index (κ3) is 1.63. The van der Waals surface area contributed by atoms with Crippen molar-refractivity contribution in [2.24, 2.45) is 53.3 Å². The number of carbonyl (C=O) groups excluding carboxylic acids is 1. The summed E-state index contributed by atoms with van der Waals surface area (Å²) in [6, 6.07) is 6.12. The maximum Gasteiger partial charge on any atom is 0.310 e. The van der Waals surface area contributed by atoms with Crippen LogP contribution in [0.15, 0.2) is 24.3 Å². The van der Waals surface area contributed by atoms with Crippen molar-refractivity contribution >= 4 is 5.97 Å². The van der Waals surface area contributed by atoms with Crippen LogP contribution in [0.2, 0.25) is 0 Å². The zero-order valence-corrected chi connectivity index (χ0v) is 14.2. The first-order valence-corrected chi connectivity index (χ1v) is 9.40. The molecule has 0 aromatic heterocycles. The minimum atomic E-state index is -2.54. The lowest BCUT2D eigenvalue weighted by atomic mass is 9.61. The van der Waals surface area contributed by atoms with Gasteiger partial charge in [-0.2, -0.15) is 0 Å². The van der Waals surface area contributed by atoms with Crippen molar-refractivity contribution in [2.75, 3.05) is 7.11 Å². The lowest BCUT2D eigenvalue weighted by Gasteiger charge is -2.46. The maximum atomic E-state index is 14.6. The van der Waals surface area contributed by atoms with Crippen LogP contribution in [0.25, 0.3) is 0 Å². The zero-order chi connectivity index (χ0) is 18.0. The number of hydrogen-bond donors (Lipinski definition) is 1. The molecule has 8 rings (SSSR count). The molecule has 7 aliphatic carbocycles. The molecule has 0 amide bonds. The summed E-state index contributed by atoms with van der Waals surface area (Å²) in [6.07, 6.45) is 0. The van der Waals surface area contributed by atoms with Crippen LogP contribution in [0.3, 0.4) is 0 Å². The average molecular weight is 363 g/mol. The number of fused-ring (bicyclic) bond motifs is 1. The zero-order valence-electron chi connectivity index (χ0n) is 14.2. The van der Waals surface area contributed by atoms with Gasteiger partial charge in [-0.05, 0) is 53.2 Å². The number of methoxy groups -OCH3 is 1. The Morgan fingerprint density at radius 3 is 2.19 bits per heavy atom. The van der Waals surface area contributed by atoms with Gasteiger partial charge in [-0.15, -0.1) is 0 Å². The predicted octanol–water partition coefficient (Wildman–Crippen LogP) is 2.71. The molecular weight excluding hydrogens is 343 g/mol. The van der Waals surface area contributed by atoms with Crippen molar-refractivity contribution in [1.82, 2.24) is 5.32 Å². The van der Waals surface area contributed by atoms with E-state index in [1.165, 1.54) is 19.2 Å². The van der Waals surface area contributed by atoms with Crippen molar-refractivity contribution < 1.29 is 22.7 Å². The summed E-state index contributed by atoms with van der Waals surface area (Å²) in [5.74, 6) is -4.17. The van der Waals surface area contributed by atoms with Gasteiger partial charge in [0.1, 0.15) is 5.82 Å².